The lowest BCUT2D eigenvalue weighted by Gasteiger charge is -2.32. The van der Waals surface area contributed by atoms with E-state index >= 15 is 0 Å². The summed E-state index contributed by atoms with van der Waals surface area (Å²) in [7, 11) is 0. The Labute approximate surface area is 218 Å². The van der Waals surface area contributed by atoms with Crippen LogP contribution in [0.3, 0.4) is 0 Å². The van der Waals surface area contributed by atoms with E-state index in [2.05, 4.69) is 5.32 Å². The molecule has 0 aliphatic heterocycles. The molecule has 0 aromatic heterocycles. The first kappa shape index (κ1) is 26.8. The number of hydrogen-bond donors (Lipinski definition) is 1. The number of nitrogens with zero attached hydrogens (tertiary/aromatic N) is 1. The van der Waals surface area contributed by atoms with Crippen LogP contribution in [0.25, 0.3) is 0 Å². The lowest BCUT2D eigenvalue weighted by molar-refractivity contribution is -0.139. The highest BCUT2D eigenvalue weighted by atomic mass is 35.5. The smallest absolute Gasteiger partial charge is 0.243 e. The second-order valence-electron chi connectivity index (χ2n) is 9.00. The maximum Gasteiger partial charge on any atom is 0.243 e. The lowest BCUT2D eigenvalue weighted by atomic mass is 10.0. The first-order valence-corrected chi connectivity index (χ1v) is 13.4. The van der Waals surface area contributed by atoms with E-state index in [9.17, 15) is 9.59 Å². The molecule has 1 N–H and O–H groups in total. The van der Waals surface area contributed by atoms with E-state index in [0.29, 0.717) is 23.7 Å². The van der Waals surface area contributed by atoms with Crippen molar-refractivity contribution in [3.63, 3.8) is 0 Å². The zero-order chi connectivity index (χ0) is 25.2. The molecule has 0 fully saturated rings. The van der Waals surface area contributed by atoms with Gasteiger partial charge in [0.15, 0.2) is 0 Å². The molecule has 0 spiro atoms. The molecule has 0 aliphatic rings. The molecule has 0 heterocycles. The van der Waals surface area contributed by atoms with Gasteiger partial charge in [-0.1, -0.05) is 83.9 Å². The van der Waals surface area contributed by atoms with Crippen molar-refractivity contribution in [1.82, 2.24) is 10.2 Å². The average Bonchev–Trinajstić information content (AvgIpc) is 2.84. The van der Waals surface area contributed by atoms with E-state index in [1.165, 1.54) is 0 Å². The summed E-state index contributed by atoms with van der Waals surface area (Å²) in [6, 6.07) is 25.0. The summed E-state index contributed by atoms with van der Waals surface area (Å²) in [4.78, 5) is 28.7. The maximum absolute atomic E-state index is 13.6. The third-order valence-corrected chi connectivity index (χ3v) is 6.82. The molecular formula is C29H33ClN2O2S. The number of thioether (sulfide) groups is 1. The fraction of sp³-hybridized carbons (Fsp3) is 0.310. The summed E-state index contributed by atoms with van der Waals surface area (Å²) < 4.78 is 0. The molecule has 0 aliphatic carbocycles. The predicted octanol–water partition coefficient (Wildman–Crippen LogP) is 6.05. The lowest BCUT2D eigenvalue weighted by Crippen LogP contribution is -2.52. The average molecular weight is 509 g/mol. The van der Waals surface area contributed by atoms with Gasteiger partial charge in [-0.05, 0) is 49.6 Å². The van der Waals surface area contributed by atoms with Crippen molar-refractivity contribution in [1.29, 1.82) is 0 Å². The second-order valence-corrected chi connectivity index (χ2v) is 10.4. The Bertz CT molecular complexity index is 1090. The number of hydrogen-bond acceptors (Lipinski definition) is 3. The number of rotatable bonds is 11. The van der Waals surface area contributed by atoms with Gasteiger partial charge in [0.05, 0.1) is 5.75 Å². The molecule has 3 aromatic rings. The van der Waals surface area contributed by atoms with E-state index in [0.717, 1.165) is 22.3 Å². The van der Waals surface area contributed by atoms with Gasteiger partial charge < -0.3 is 10.2 Å². The highest BCUT2D eigenvalue weighted by Crippen LogP contribution is 2.20. The fourth-order valence-electron chi connectivity index (χ4n) is 3.74. The van der Waals surface area contributed by atoms with Gasteiger partial charge in [-0.2, -0.15) is 0 Å². The summed E-state index contributed by atoms with van der Waals surface area (Å²) in [5.74, 6) is 0.800. The monoisotopic (exact) mass is 508 g/mol. The van der Waals surface area contributed by atoms with Crippen LogP contribution < -0.4 is 5.32 Å². The molecule has 184 valence electrons. The highest BCUT2D eigenvalue weighted by molar-refractivity contribution is 7.99. The van der Waals surface area contributed by atoms with Crippen LogP contribution in [0.1, 0.15) is 36.1 Å². The van der Waals surface area contributed by atoms with Crippen molar-refractivity contribution in [2.75, 3.05) is 5.75 Å². The van der Waals surface area contributed by atoms with Crippen LogP contribution in [0.2, 0.25) is 5.02 Å². The minimum absolute atomic E-state index is 0.0172. The van der Waals surface area contributed by atoms with Gasteiger partial charge in [0.1, 0.15) is 6.04 Å². The molecule has 1 atom stereocenters. The molecule has 2 amide bonds. The Kier molecular flexibility index (Phi) is 10.2. The third-order valence-electron chi connectivity index (χ3n) is 5.58. The van der Waals surface area contributed by atoms with E-state index in [1.807, 2.05) is 99.6 Å². The topological polar surface area (TPSA) is 49.4 Å². The number of halogens is 1. The minimum Gasteiger partial charge on any atom is -0.352 e. The van der Waals surface area contributed by atoms with Gasteiger partial charge >= 0.3 is 0 Å². The number of nitrogens with one attached hydrogen (secondary N) is 1. The zero-order valence-electron chi connectivity index (χ0n) is 20.5. The quantitative estimate of drug-likeness (QED) is 0.343. The third kappa shape index (κ3) is 8.75. The Morgan fingerprint density at radius 3 is 2.14 bits per heavy atom. The van der Waals surface area contributed by atoms with Crippen molar-refractivity contribution in [2.24, 2.45) is 0 Å². The molecule has 0 bridgehead atoms. The van der Waals surface area contributed by atoms with Gasteiger partial charge in [0.25, 0.3) is 0 Å². The Morgan fingerprint density at radius 2 is 1.51 bits per heavy atom. The summed E-state index contributed by atoms with van der Waals surface area (Å²) in [6.45, 7) is 6.29. The fourth-order valence-corrected chi connectivity index (χ4v) is 4.74. The first-order chi connectivity index (χ1) is 16.8. The molecule has 3 rings (SSSR count). The summed E-state index contributed by atoms with van der Waals surface area (Å²) >= 11 is 7.53. The Balaban J connectivity index is 1.83. The highest BCUT2D eigenvalue weighted by Gasteiger charge is 2.30. The van der Waals surface area contributed by atoms with E-state index in [4.69, 9.17) is 11.6 Å². The normalized spacial score (nSPS) is 11.8. The van der Waals surface area contributed by atoms with Crippen LogP contribution in [0.15, 0.2) is 78.9 Å². The van der Waals surface area contributed by atoms with E-state index in [-0.39, 0.29) is 23.6 Å². The van der Waals surface area contributed by atoms with E-state index < -0.39 is 6.04 Å². The van der Waals surface area contributed by atoms with Gasteiger partial charge in [-0.15, -0.1) is 11.8 Å². The van der Waals surface area contributed by atoms with Crippen LogP contribution in [0, 0.1) is 6.92 Å². The SMILES string of the molecule is Cc1ccc(CN(C(=O)CSCc2ccc(Cl)cc2)[C@H](Cc2ccccc2)C(=O)NC(C)C)cc1. The molecular weight excluding hydrogens is 476 g/mol. The van der Waals surface area contributed by atoms with Crippen molar-refractivity contribution >= 4 is 35.2 Å². The van der Waals surface area contributed by atoms with Crippen LogP contribution in [0.4, 0.5) is 0 Å². The number of amides is 2. The molecule has 0 saturated carbocycles. The number of aryl methyl sites for hydroxylation is 1. The van der Waals surface area contributed by atoms with Crippen LogP contribution in [0.5, 0.6) is 0 Å². The summed E-state index contributed by atoms with van der Waals surface area (Å²) in [5, 5.41) is 3.72. The van der Waals surface area contributed by atoms with Gasteiger partial charge in [-0.3, -0.25) is 9.59 Å². The zero-order valence-corrected chi connectivity index (χ0v) is 22.1. The van der Waals surface area contributed by atoms with Gasteiger partial charge in [0, 0.05) is 29.8 Å². The minimum atomic E-state index is -0.607. The van der Waals surface area contributed by atoms with Gasteiger partial charge in [0.2, 0.25) is 11.8 Å². The van der Waals surface area contributed by atoms with Crippen LogP contribution >= 0.6 is 23.4 Å². The number of benzene rings is 3. The summed E-state index contributed by atoms with van der Waals surface area (Å²) in [6.07, 6.45) is 0.457. The maximum atomic E-state index is 13.6. The standard InChI is InChI=1S/C29H33ClN2O2S/c1-21(2)31-29(34)27(17-23-7-5-4-6-8-23)32(18-24-11-9-22(3)10-12-24)28(33)20-35-19-25-13-15-26(30)16-14-25/h4-16,21,27H,17-20H2,1-3H3,(H,31,34)/t27-/m1/s1. The predicted molar refractivity (Wildman–Crippen MR) is 147 cm³/mol. The summed E-state index contributed by atoms with van der Waals surface area (Å²) in [5.41, 5.74) is 4.29. The molecule has 0 unspecified atom stereocenters. The van der Waals surface area contributed by atoms with Crippen molar-refractivity contribution < 1.29 is 9.59 Å². The van der Waals surface area contributed by atoms with Crippen molar-refractivity contribution in [2.45, 2.75) is 51.6 Å². The number of carbonyl (C=O) groups is 2. The second kappa shape index (κ2) is 13.4. The first-order valence-electron chi connectivity index (χ1n) is 11.8. The largest absolute Gasteiger partial charge is 0.352 e. The Morgan fingerprint density at radius 1 is 0.886 bits per heavy atom. The number of carbonyl (C=O) groups excluding carboxylic acids is 2. The Hall–Kier alpha value is -2.76. The molecule has 3 aromatic carbocycles. The molecule has 6 heteroatoms. The van der Waals surface area contributed by atoms with Crippen molar-refractivity contribution in [3.05, 3.63) is 106 Å². The van der Waals surface area contributed by atoms with Gasteiger partial charge in [-0.25, -0.2) is 0 Å². The molecule has 4 nitrogen and oxygen atoms in total. The molecule has 35 heavy (non-hydrogen) atoms. The van der Waals surface area contributed by atoms with Crippen LogP contribution in [-0.2, 0) is 28.3 Å². The molecule has 0 saturated heterocycles. The van der Waals surface area contributed by atoms with E-state index in [1.54, 1.807) is 16.7 Å². The van der Waals surface area contributed by atoms with Crippen LogP contribution in [-0.4, -0.2) is 34.6 Å². The van der Waals surface area contributed by atoms with Crippen molar-refractivity contribution in [3.8, 4) is 0 Å². The molecule has 0 radical (unpaired) electrons.